The average Bonchev–Trinajstić information content (AvgIpc) is 3.03. The van der Waals surface area contributed by atoms with Gasteiger partial charge in [0.1, 0.15) is 11.9 Å². The molecule has 120 valence electrons. The molecule has 0 radical (unpaired) electrons. The van der Waals surface area contributed by atoms with Gasteiger partial charge in [-0.15, -0.1) is 0 Å². The van der Waals surface area contributed by atoms with Gasteiger partial charge in [-0.25, -0.2) is 0 Å². The normalized spacial score (nSPS) is 31.3. The van der Waals surface area contributed by atoms with E-state index < -0.39 is 0 Å². The van der Waals surface area contributed by atoms with Crippen LogP contribution < -0.4 is 0 Å². The van der Waals surface area contributed by atoms with Gasteiger partial charge in [-0.1, -0.05) is 0 Å². The summed E-state index contributed by atoms with van der Waals surface area (Å²) in [6.07, 6.45) is 6.10. The monoisotopic (exact) mass is 305 g/mol. The summed E-state index contributed by atoms with van der Waals surface area (Å²) in [7, 11) is 0. The number of rotatable bonds is 4. The molecule has 3 fully saturated rings. The molecule has 0 unspecified atom stereocenters. The van der Waals surface area contributed by atoms with Crippen LogP contribution in [-0.2, 0) is 9.47 Å². The predicted molar refractivity (Wildman–Crippen MR) is 79.7 cm³/mol. The Hall–Kier alpha value is -1.33. The first-order chi connectivity index (χ1) is 10.7. The zero-order chi connectivity index (χ0) is 15.1. The van der Waals surface area contributed by atoms with Crippen LogP contribution >= 0.6 is 0 Å². The maximum atomic E-state index is 12.8. The third-order valence-electron chi connectivity index (χ3n) is 5.12. The molecule has 2 aliphatic heterocycles. The standard InChI is InChI=1S/C17H23NO4/c1-11-13(5-8-20-11)17(19)18-7-4-15(22-10-12-2-3-12)16-14(18)6-9-21-16/h5,8,12,14-16H,2-4,6-7,9-10H2,1H3/t14-,15+,16-/m0/s1. The van der Waals surface area contributed by atoms with Crippen molar-refractivity contribution in [1.82, 2.24) is 4.90 Å². The highest BCUT2D eigenvalue weighted by molar-refractivity contribution is 5.95. The van der Waals surface area contributed by atoms with Crippen LogP contribution in [0.4, 0.5) is 0 Å². The number of aryl methyl sites for hydroxylation is 1. The molecule has 1 amide bonds. The van der Waals surface area contributed by atoms with Crippen LogP contribution in [0.25, 0.3) is 0 Å². The predicted octanol–water partition coefficient (Wildman–Crippen LogP) is 2.39. The first-order valence-corrected chi connectivity index (χ1v) is 8.32. The number of piperidine rings is 1. The zero-order valence-electron chi connectivity index (χ0n) is 13.0. The van der Waals surface area contributed by atoms with Crippen molar-refractivity contribution in [3.05, 3.63) is 23.7 Å². The fourth-order valence-corrected chi connectivity index (χ4v) is 3.62. The molecule has 1 aromatic rings. The highest BCUT2D eigenvalue weighted by Crippen LogP contribution is 2.34. The largest absolute Gasteiger partial charge is 0.469 e. The van der Waals surface area contributed by atoms with Gasteiger partial charge in [0.2, 0.25) is 0 Å². The Labute approximate surface area is 130 Å². The molecular formula is C17H23NO4. The van der Waals surface area contributed by atoms with E-state index in [0.29, 0.717) is 17.9 Å². The average molecular weight is 305 g/mol. The molecule has 5 heteroatoms. The number of likely N-dealkylation sites (tertiary alicyclic amines) is 1. The van der Waals surface area contributed by atoms with Gasteiger partial charge in [0.05, 0.1) is 24.0 Å². The van der Waals surface area contributed by atoms with Crippen molar-refractivity contribution in [2.45, 2.75) is 50.9 Å². The zero-order valence-corrected chi connectivity index (χ0v) is 13.0. The molecule has 2 saturated heterocycles. The smallest absolute Gasteiger partial charge is 0.257 e. The van der Waals surface area contributed by atoms with Gasteiger partial charge >= 0.3 is 0 Å². The van der Waals surface area contributed by atoms with Crippen LogP contribution in [-0.4, -0.2) is 48.8 Å². The summed E-state index contributed by atoms with van der Waals surface area (Å²) in [6.45, 7) is 4.14. The lowest BCUT2D eigenvalue weighted by atomic mass is 9.94. The Kier molecular flexibility index (Phi) is 3.70. The number of carbonyl (C=O) groups excluding carboxylic acids is 1. The molecule has 0 aromatic carbocycles. The first kappa shape index (κ1) is 14.3. The maximum Gasteiger partial charge on any atom is 0.257 e. The summed E-state index contributed by atoms with van der Waals surface area (Å²) >= 11 is 0. The molecule has 1 aliphatic carbocycles. The van der Waals surface area contributed by atoms with Crippen molar-refractivity contribution >= 4 is 5.91 Å². The summed E-state index contributed by atoms with van der Waals surface area (Å²) in [5.41, 5.74) is 0.669. The number of nitrogens with zero attached hydrogens (tertiary/aromatic N) is 1. The first-order valence-electron chi connectivity index (χ1n) is 8.32. The highest BCUT2D eigenvalue weighted by atomic mass is 16.5. The molecule has 3 heterocycles. The van der Waals surface area contributed by atoms with Gasteiger partial charge in [-0.05, 0) is 44.6 Å². The Morgan fingerprint density at radius 3 is 2.95 bits per heavy atom. The lowest BCUT2D eigenvalue weighted by molar-refractivity contribution is -0.0936. The van der Waals surface area contributed by atoms with E-state index in [0.717, 1.165) is 31.9 Å². The molecule has 0 spiro atoms. The minimum atomic E-state index is 0.0312. The SMILES string of the molecule is Cc1occc1C(=O)N1CC[C@@H](OCC2CC2)[C@H]2OCC[C@@H]21. The second-order valence-corrected chi connectivity index (χ2v) is 6.68. The number of furan rings is 1. The Bertz CT molecular complexity index is 551. The molecule has 22 heavy (non-hydrogen) atoms. The molecule has 1 aromatic heterocycles. The molecule has 3 aliphatic rings. The fraction of sp³-hybridized carbons (Fsp3) is 0.706. The van der Waals surface area contributed by atoms with Crippen LogP contribution in [0.5, 0.6) is 0 Å². The van der Waals surface area contributed by atoms with Gasteiger partial charge in [-0.3, -0.25) is 4.79 Å². The van der Waals surface area contributed by atoms with Crippen molar-refractivity contribution < 1.29 is 18.7 Å². The number of ether oxygens (including phenoxy) is 2. The lowest BCUT2D eigenvalue weighted by Gasteiger charge is -2.41. The van der Waals surface area contributed by atoms with Gasteiger partial charge in [-0.2, -0.15) is 0 Å². The van der Waals surface area contributed by atoms with E-state index in [1.54, 1.807) is 12.3 Å². The Balaban J connectivity index is 1.46. The van der Waals surface area contributed by atoms with E-state index >= 15 is 0 Å². The molecule has 4 rings (SSSR count). The molecule has 1 saturated carbocycles. The molecule has 0 N–H and O–H groups in total. The van der Waals surface area contributed by atoms with Crippen molar-refractivity contribution in [3.8, 4) is 0 Å². The summed E-state index contributed by atoms with van der Waals surface area (Å²) in [5, 5.41) is 0. The third-order valence-corrected chi connectivity index (χ3v) is 5.12. The van der Waals surface area contributed by atoms with E-state index in [2.05, 4.69) is 0 Å². The second kappa shape index (κ2) is 5.70. The Morgan fingerprint density at radius 1 is 1.36 bits per heavy atom. The van der Waals surface area contributed by atoms with Crippen LogP contribution in [0, 0.1) is 12.8 Å². The molecule has 3 atom stereocenters. The van der Waals surface area contributed by atoms with Gasteiger partial charge in [0.25, 0.3) is 5.91 Å². The Morgan fingerprint density at radius 2 is 2.23 bits per heavy atom. The van der Waals surface area contributed by atoms with E-state index in [9.17, 15) is 4.79 Å². The number of fused-ring (bicyclic) bond motifs is 1. The van der Waals surface area contributed by atoms with E-state index in [1.165, 1.54) is 12.8 Å². The van der Waals surface area contributed by atoms with E-state index in [4.69, 9.17) is 13.9 Å². The topological polar surface area (TPSA) is 51.9 Å². The summed E-state index contributed by atoms with van der Waals surface area (Å²) in [4.78, 5) is 14.7. The van der Waals surface area contributed by atoms with E-state index in [1.807, 2.05) is 11.8 Å². The minimum Gasteiger partial charge on any atom is -0.469 e. The summed E-state index contributed by atoms with van der Waals surface area (Å²) in [6, 6.07) is 1.90. The lowest BCUT2D eigenvalue weighted by Crippen LogP contribution is -2.55. The van der Waals surface area contributed by atoms with Crippen molar-refractivity contribution in [1.29, 1.82) is 0 Å². The van der Waals surface area contributed by atoms with E-state index in [-0.39, 0.29) is 24.2 Å². The number of amides is 1. The van der Waals surface area contributed by atoms with Gasteiger partial charge < -0.3 is 18.8 Å². The number of carbonyl (C=O) groups is 1. The quantitative estimate of drug-likeness (QED) is 0.857. The third kappa shape index (κ3) is 2.57. The van der Waals surface area contributed by atoms with Crippen LogP contribution in [0.15, 0.2) is 16.7 Å². The second-order valence-electron chi connectivity index (χ2n) is 6.68. The van der Waals surface area contributed by atoms with Gasteiger partial charge in [0, 0.05) is 19.8 Å². The molecular weight excluding hydrogens is 282 g/mol. The molecule has 0 bridgehead atoms. The fourth-order valence-electron chi connectivity index (χ4n) is 3.62. The van der Waals surface area contributed by atoms with Crippen LogP contribution in [0.1, 0.15) is 41.8 Å². The number of hydrogen-bond acceptors (Lipinski definition) is 4. The molecule has 5 nitrogen and oxygen atoms in total. The minimum absolute atomic E-state index is 0.0312. The van der Waals surface area contributed by atoms with Crippen molar-refractivity contribution in [2.24, 2.45) is 5.92 Å². The van der Waals surface area contributed by atoms with Crippen LogP contribution in [0.3, 0.4) is 0 Å². The summed E-state index contributed by atoms with van der Waals surface area (Å²) < 4.78 is 17.3. The van der Waals surface area contributed by atoms with Crippen molar-refractivity contribution in [3.63, 3.8) is 0 Å². The number of hydrogen-bond donors (Lipinski definition) is 0. The van der Waals surface area contributed by atoms with Crippen molar-refractivity contribution in [2.75, 3.05) is 19.8 Å². The van der Waals surface area contributed by atoms with Crippen LogP contribution in [0.2, 0.25) is 0 Å². The highest BCUT2D eigenvalue weighted by Gasteiger charge is 2.45. The maximum absolute atomic E-state index is 12.8. The van der Waals surface area contributed by atoms with Gasteiger partial charge in [0.15, 0.2) is 0 Å². The summed E-state index contributed by atoms with van der Waals surface area (Å²) in [5.74, 6) is 1.51.